The number of carboxylic acids is 1. The molecule has 112 valence electrons. The van der Waals surface area contributed by atoms with Gasteiger partial charge in [0.25, 0.3) is 0 Å². The SMILES string of the molecule is CCCc1nccn1-c1nnc(CC)c(CC)c1C(=O)O. The first-order chi connectivity index (χ1) is 10.1. The number of carboxylic acid groups (broad SMARTS) is 1. The zero-order valence-corrected chi connectivity index (χ0v) is 12.6. The molecule has 0 aliphatic carbocycles. The number of rotatable bonds is 6. The summed E-state index contributed by atoms with van der Waals surface area (Å²) in [6, 6.07) is 0. The maximum Gasteiger partial charge on any atom is 0.339 e. The third-order valence-electron chi connectivity index (χ3n) is 3.46. The molecule has 0 bridgehead atoms. The Morgan fingerprint density at radius 1 is 1.24 bits per heavy atom. The number of hydrogen-bond acceptors (Lipinski definition) is 4. The highest BCUT2D eigenvalue weighted by molar-refractivity contribution is 5.93. The summed E-state index contributed by atoms with van der Waals surface area (Å²) < 4.78 is 1.73. The van der Waals surface area contributed by atoms with Crippen LogP contribution in [0.4, 0.5) is 0 Å². The lowest BCUT2D eigenvalue weighted by Crippen LogP contribution is -2.16. The van der Waals surface area contributed by atoms with Crippen LogP contribution in [-0.4, -0.2) is 30.8 Å². The maximum absolute atomic E-state index is 11.7. The van der Waals surface area contributed by atoms with Crippen molar-refractivity contribution in [3.05, 3.63) is 35.0 Å². The van der Waals surface area contributed by atoms with Crippen LogP contribution in [0.5, 0.6) is 0 Å². The normalized spacial score (nSPS) is 10.8. The van der Waals surface area contributed by atoms with Crippen molar-refractivity contribution >= 4 is 5.97 Å². The molecular weight excluding hydrogens is 268 g/mol. The lowest BCUT2D eigenvalue weighted by molar-refractivity contribution is 0.0695. The molecule has 0 radical (unpaired) electrons. The van der Waals surface area contributed by atoms with E-state index in [0.29, 0.717) is 18.7 Å². The molecule has 0 aromatic carbocycles. The number of hydrogen-bond donors (Lipinski definition) is 1. The quantitative estimate of drug-likeness (QED) is 0.883. The van der Waals surface area contributed by atoms with Crippen molar-refractivity contribution in [3.8, 4) is 5.82 Å². The molecule has 2 rings (SSSR count). The highest BCUT2D eigenvalue weighted by Gasteiger charge is 2.22. The van der Waals surface area contributed by atoms with Crippen LogP contribution in [0.3, 0.4) is 0 Å². The standard InChI is InChI=1S/C15H20N4O2/c1-4-7-12-16-8-9-19(12)14-13(15(20)21)10(5-2)11(6-3)17-18-14/h8-9H,4-7H2,1-3H3,(H,20,21). The van der Waals surface area contributed by atoms with Crippen molar-refractivity contribution in [2.24, 2.45) is 0 Å². The molecule has 2 aromatic rings. The molecule has 0 atom stereocenters. The van der Waals surface area contributed by atoms with E-state index in [9.17, 15) is 9.90 Å². The average Bonchev–Trinajstić information content (AvgIpc) is 2.93. The van der Waals surface area contributed by atoms with E-state index < -0.39 is 5.97 Å². The van der Waals surface area contributed by atoms with E-state index in [4.69, 9.17) is 0 Å². The van der Waals surface area contributed by atoms with Gasteiger partial charge < -0.3 is 5.11 Å². The van der Waals surface area contributed by atoms with Crippen LogP contribution in [0.25, 0.3) is 5.82 Å². The fourth-order valence-corrected chi connectivity index (χ4v) is 2.49. The van der Waals surface area contributed by atoms with Crippen LogP contribution >= 0.6 is 0 Å². The molecule has 0 saturated heterocycles. The van der Waals surface area contributed by atoms with Gasteiger partial charge in [0.05, 0.1) is 5.69 Å². The largest absolute Gasteiger partial charge is 0.478 e. The van der Waals surface area contributed by atoms with Crippen molar-refractivity contribution in [2.45, 2.75) is 46.5 Å². The Morgan fingerprint density at radius 3 is 2.57 bits per heavy atom. The highest BCUT2D eigenvalue weighted by atomic mass is 16.4. The summed E-state index contributed by atoms with van der Waals surface area (Å²) in [5, 5.41) is 18.0. The van der Waals surface area contributed by atoms with E-state index in [1.54, 1.807) is 17.0 Å². The maximum atomic E-state index is 11.7. The van der Waals surface area contributed by atoms with Gasteiger partial charge in [-0.05, 0) is 24.8 Å². The predicted octanol–water partition coefficient (Wildman–Crippen LogP) is 2.44. The van der Waals surface area contributed by atoms with E-state index in [0.717, 1.165) is 29.9 Å². The van der Waals surface area contributed by atoms with Gasteiger partial charge in [-0.15, -0.1) is 5.10 Å². The first-order valence-corrected chi connectivity index (χ1v) is 7.28. The van der Waals surface area contributed by atoms with Gasteiger partial charge in [-0.2, -0.15) is 5.10 Å². The second-order valence-corrected chi connectivity index (χ2v) is 4.80. The molecule has 6 nitrogen and oxygen atoms in total. The number of aromatic nitrogens is 4. The highest BCUT2D eigenvalue weighted by Crippen LogP contribution is 2.21. The molecule has 1 N–H and O–H groups in total. The third-order valence-corrected chi connectivity index (χ3v) is 3.46. The number of nitrogens with zero attached hydrogens (tertiary/aromatic N) is 4. The Morgan fingerprint density at radius 2 is 2.00 bits per heavy atom. The fraction of sp³-hybridized carbons (Fsp3) is 0.467. The Bertz CT molecular complexity index is 649. The summed E-state index contributed by atoms with van der Waals surface area (Å²) in [6.07, 6.45) is 6.39. The first kappa shape index (κ1) is 15.2. The lowest BCUT2D eigenvalue weighted by Gasteiger charge is -2.14. The van der Waals surface area contributed by atoms with Gasteiger partial charge >= 0.3 is 5.97 Å². The molecule has 0 saturated carbocycles. The minimum absolute atomic E-state index is 0.236. The van der Waals surface area contributed by atoms with Crippen molar-refractivity contribution in [1.82, 2.24) is 19.7 Å². The van der Waals surface area contributed by atoms with Gasteiger partial charge in [-0.25, -0.2) is 9.78 Å². The van der Waals surface area contributed by atoms with Gasteiger partial charge in [0.15, 0.2) is 5.82 Å². The van der Waals surface area contributed by atoms with E-state index >= 15 is 0 Å². The molecule has 0 amide bonds. The van der Waals surface area contributed by atoms with Crippen LogP contribution in [0.15, 0.2) is 12.4 Å². The number of aromatic carboxylic acids is 1. The van der Waals surface area contributed by atoms with E-state index in [1.807, 2.05) is 13.8 Å². The minimum atomic E-state index is -0.970. The molecule has 0 fully saturated rings. The summed E-state index contributed by atoms with van der Waals surface area (Å²) in [4.78, 5) is 16.0. The van der Waals surface area contributed by atoms with Crippen LogP contribution in [0.1, 0.15) is 54.6 Å². The van der Waals surface area contributed by atoms with Crippen molar-refractivity contribution in [1.29, 1.82) is 0 Å². The number of carbonyl (C=O) groups is 1. The molecule has 0 spiro atoms. The van der Waals surface area contributed by atoms with E-state index in [2.05, 4.69) is 22.1 Å². The van der Waals surface area contributed by atoms with E-state index in [1.165, 1.54) is 0 Å². The summed E-state index contributed by atoms with van der Waals surface area (Å²) in [5.41, 5.74) is 1.74. The van der Waals surface area contributed by atoms with Gasteiger partial charge in [0, 0.05) is 18.8 Å². The minimum Gasteiger partial charge on any atom is -0.478 e. The Kier molecular flexibility index (Phi) is 4.67. The first-order valence-electron chi connectivity index (χ1n) is 7.28. The molecule has 2 aromatic heterocycles. The number of aryl methyl sites for hydroxylation is 2. The van der Waals surface area contributed by atoms with Gasteiger partial charge in [-0.3, -0.25) is 4.57 Å². The van der Waals surface area contributed by atoms with E-state index in [-0.39, 0.29) is 5.56 Å². The Balaban J connectivity index is 2.68. The summed E-state index contributed by atoms with van der Waals surface area (Å²) >= 11 is 0. The Labute approximate surface area is 123 Å². The second-order valence-electron chi connectivity index (χ2n) is 4.80. The van der Waals surface area contributed by atoms with Crippen LogP contribution in [0.2, 0.25) is 0 Å². The molecule has 0 unspecified atom stereocenters. The second kappa shape index (κ2) is 6.47. The predicted molar refractivity (Wildman–Crippen MR) is 78.9 cm³/mol. The zero-order valence-electron chi connectivity index (χ0n) is 12.6. The van der Waals surface area contributed by atoms with Crippen LogP contribution < -0.4 is 0 Å². The smallest absolute Gasteiger partial charge is 0.339 e. The summed E-state index contributed by atoms with van der Waals surface area (Å²) in [7, 11) is 0. The average molecular weight is 288 g/mol. The van der Waals surface area contributed by atoms with Gasteiger partial charge in [0.2, 0.25) is 0 Å². The van der Waals surface area contributed by atoms with Crippen molar-refractivity contribution in [3.63, 3.8) is 0 Å². The monoisotopic (exact) mass is 288 g/mol. The molecule has 6 heteroatoms. The molecule has 0 aliphatic rings. The fourth-order valence-electron chi connectivity index (χ4n) is 2.49. The lowest BCUT2D eigenvalue weighted by atomic mass is 10.0. The van der Waals surface area contributed by atoms with Crippen molar-refractivity contribution in [2.75, 3.05) is 0 Å². The Hall–Kier alpha value is -2.24. The zero-order chi connectivity index (χ0) is 15.4. The van der Waals surface area contributed by atoms with Crippen LogP contribution in [0, 0.1) is 0 Å². The molecule has 21 heavy (non-hydrogen) atoms. The summed E-state index contributed by atoms with van der Waals surface area (Å²) in [6.45, 7) is 5.95. The molecular formula is C15H20N4O2. The van der Waals surface area contributed by atoms with Crippen LogP contribution in [-0.2, 0) is 19.3 Å². The van der Waals surface area contributed by atoms with Crippen molar-refractivity contribution < 1.29 is 9.90 Å². The van der Waals surface area contributed by atoms with Gasteiger partial charge in [-0.1, -0.05) is 20.8 Å². The third kappa shape index (κ3) is 2.79. The number of imidazole rings is 1. The molecule has 2 heterocycles. The topological polar surface area (TPSA) is 80.9 Å². The van der Waals surface area contributed by atoms with Gasteiger partial charge in [0.1, 0.15) is 11.4 Å². The molecule has 0 aliphatic heterocycles. The summed E-state index contributed by atoms with van der Waals surface area (Å²) in [5.74, 6) is 0.195.